The molecule has 0 bridgehead atoms. The summed E-state index contributed by atoms with van der Waals surface area (Å²) in [6.07, 6.45) is 0. The van der Waals surface area contributed by atoms with E-state index in [0.29, 0.717) is 5.02 Å². The monoisotopic (exact) mass is 354 g/mol. The average molecular weight is 355 g/mol. The highest BCUT2D eigenvalue weighted by Gasteiger charge is 2.27. The largest absolute Gasteiger partial charge is 0.372 e. The zero-order valence-corrected chi connectivity index (χ0v) is 14.0. The Bertz CT molecular complexity index is 722. The Hall–Kier alpha value is -2.18. The molecule has 24 heavy (non-hydrogen) atoms. The Morgan fingerprint density at radius 3 is 2.42 bits per heavy atom. The molecule has 2 amide bonds. The summed E-state index contributed by atoms with van der Waals surface area (Å²) in [5.74, 6) is -1.70. The maximum absolute atomic E-state index is 13.5. The third-order valence-corrected chi connectivity index (χ3v) is 3.91. The number of anilines is 1. The smallest absolute Gasteiger partial charge is 0.319 e. The van der Waals surface area contributed by atoms with Gasteiger partial charge in [-0.05, 0) is 36.8 Å². The van der Waals surface area contributed by atoms with Crippen LogP contribution in [0.15, 0.2) is 42.5 Å². The number of carbonyl (C=O) groups excluding carboxylic acids is 1. The van der Waals surface area contributed by atoms with E-state index in [9.17, 15) is 13.6 Å². The number of nitrogens with one attached hydrogen (secondary N) is 2. The first-order valence-electron chi connectivity index (χ1n) is 7.16. The molecule has 0 spiro atoms. The Labute approximate surface area is 143 Å². The van der Waals surface area contributed by atoms with E-state index in [2.05, 4.69) is 10.6 Å². The predicted octanol–water partition coefficient (Wildman–Crippen LogP) is 4.30. The zero-order chi connectivity index (χ0) is 17.7. The van der Waals surface area contributed by atoms with Crippen molar-refractivity contribution in [3.8, 4) is 0 Å². The number of benzene rings is 2. The first-order chi connectivity index (χ1) is 11.4. The highest BCUT2D eigenvalue weighted by atomic mass is 35.5. The van der Waals surface area contributed by atoms with Crippen molar-refractivity contribution in [3.05, 3.63) is 64.7 Å². The molecule has 0 fully saturated rings. The minimum atomic E-state index is -0.852. The number of carbonyl (C=O) groups is 1. The van der Waals surface area contributed by atoms with Crippen LogP contribution in [-0.2, 0) is 10.3 Å². The van der Waals surface area contributed by atoms with Gasteiger partial charge in [0.15, 0.2) is 0 Å². The van der Waals surface area contributed by atoms with E-state index in [4.69, 9.17) is 16.3 Å². The summed E-state index contributed by atoms with van der Waals surface area (Å²) in [5, 5.41) is 5.24. The molecule has 2 aromatic carbocycles. The Kier molecular flexibility index (Phi) is 5.75. The van der Waals surface area contributed by atoms with Crippen molar-refractivity contribution < 1.29 is 18.3 Å². The van der Waals surface area contributed by atoms with Crippen molar-refractivity contribution in [1.29, 1.82) is 0 Å². The van der Waals surface area contributed by atoms with Crippen LogP contribution in [-0.4, -0.2) is 19.7 Å². The molecule has 0 radical (unpaired) electrons. The van der Waals surface area contributed by atoms with Gasteiger partial charge in [-0.25, -0.2) is 13.6 Å². The number of hydrogen-bond donors (Lipinski definition) is 2. The summed E-state index contributed by atoms with van der Waals surface area (Å²) in [4.78, 5) is 11.9. The van der Waals surface area contributed by atoms with Crippen molar-refractivity contribution in [2.45, 2.75) is 12.5 Å². The van der Waals surface area contributed by atoms with Gasteiger partial charge in [0.05, 0.1) is 6.54 Å². The topological polar surface area (TPSA) is 50.4 Å². The first kappa shape index (κ1) is 18.2. The Balaban J connectivity index is 2.06. The normalized spacial score (nSPS) is 13.2. The number of amides is 2. The number of rotatable bonds is 5. The van der Waals surface area contributed by atoms with Crippen LogP contribution in [0.1, 0.15) is 12.5 Å². The zero-order valence-electron chi connectivity index (χ0n) is 13.2. The lowest BCUT2D eigenvalue weighted by Crippen LogP contribution is -2.42. The summed E-state index contributed by atoms with van der Waals surface area (Å²) in [7, 11) is 1.50. The van der Waals surface area contributed by atoms with E-state index in [-0.39, 0.29) is 6.54 Å². The van der Waals surface area contributed by atoms with Crippen LogP contribution in [0.5, 0.6) is 0 Å². The molecule has 2 rings (SSSR count). The van der Waals surface area contributed by atoms with Crippen LogP contribution in [0, 0.1) is 11.6 Å². The van der Waals surface area contributed by atoms with Crippen LogP contribution in [0.25, 0.3) is 0 Å². The van der Waals surface area contributed by atoms with Crippen LogP contribution in [0.3, 0.4) is 0 Å². The van der Waals surface area contributed by atoms with Gasteiger partial charge in [-0.3, -0.25) is 0 Å². The van der Waals surface area contributed by atoms with Crippen LogP contribution in [0.4, 0.5) is 19.3 Å². The van der Waals surface area contributed by atoms with Crippen molar-refractivity contribution in [3.63, 3.8) is 0 Å². The standard InChI is InChI=1S/C17H17ClF2N2O2/c1-17(24-2,11-5-3-6-12(18)9-11)10-21-16(23)22-15-13(19)7-4-8-14(15)20/h3-9H,10H2,1-2H3,(H2,21,22,23). The maximum Gasteiger partial charge on any atom is 0.319 e. The second-order valence-corrected chi connectivity index (χ2v) is 5.79. The molecule has 128 valence electrons. The number of urea groups is 1. The van der Waals surface area contributed by atoms with E-state index in [1.165, 1.54) is 13.2 Å². The third-order valence-electron chi connectivity index (χ3n) is 3.67. The van der Waals surface area contributed by atoms with E-state index in [0.717, 1.165) is 17.7 Å². The second kappa shape index (κ2) is 7.59. The molecule has 0 aliphatic carbocycles. The third kappa shape index (κ3) is 4.21. The molecule has 1 atom stereocenters. The molecule has 0 aliphatic heterocycles. The molecular formula is C17H17ClF2N2O2. The molecule has 0 saturated heterocycles. The van der Waals surface area contributed by atoms with Gasteiger partial charge < -0.3 is 15.4 Å². The molecular weight excluding hydrogens is 338 g/mol. The highest BCUT2D eigenvalue weighted by Crippen LogP contribution is 2.26. The molecule has 7 heteroatoms. The minimum absolute atomic E-state index is 0.0751. The molecule has 0 heterocycles. The van der Waals surface area contributed by atoms with Crippen LogP contribution < -0.4 is 10.6 Å². The molecule has 0 saturated carbocycles. The van der Waals surface area contributed by atoms with Crippen molar-refractivity contribution in [1.82, 2.24) is 5.32 Å². The number of methoxy groups -OCH3 is 1. The summed E-state index contributed by atoms with van der Waals surface area (Å²) >= 11 is 5.97. The van der Waals surface area contributed by atoms with Gasteiger partial charge in [-0.15, -0.1) is 0 Å². The summed E-state index contributed by atoms with van der Waals surface area (Å²) < 4.78 is 32.6. The van der Waals surface area contributed by atoms with Crippen molar-refractivity contribution in [2.24, 2.45) is 0 Å². The van der Waals surface area contributed by atoms with Crippen molar-refractivity contribution >= 4 is 23.3 Å². The SMILES string of the molecule is COC(C)(CNC(=O)Nc1c(F)cccc1F)c1cccc(Cl)c1. The number of halogens is 3. The highest BCUT2D eigenvalue weighted by molar-refractivity contribution is 6.30. The van der Waals surface area contributed by atoms with Gasteiger partial charge in [-0.2, -0.15) is 0 Å². The Morgan fingerprint density at radius 2 is 1.83 bits per heavy atom. The first-order valence-corrected chi connectivity index (χ1v) is 7.53. The molecule has 0 aliphatic rings. The number of para-hydroxylation sites is 1. The molecule has 2 aromatic rings. The van der Waals surface area contributed by atoms with Gasteiger partial charge in [0.25, 0.3) is 0 Å². The lowest BCUT2D eigenvalue weighted by molar-refractivity contribution is 0.00521. The fourth-order valence-electron chi connectivity index (χ4n) is 2.13. The average Bonchev–Trinajstić information content (AvgIpc) is 2.56. The lowest BCUT2D eigenvalue weighted by atomic mass is 9.96. The minimum Gasteiger partial charge on any atom is -0.372 e. The van der Waals surface area contributed by atoms with E-state index < -0.39 is 29.0 Å². The fraction of sp³-hybridized carbons (Fsp3) is 0.235. The van der Waals surface area contributed by atoms with E-state index in [1.54, 1.807) is 25.1 Å². The quantitative estimate of drug-likeness (QED) is 0.841. The van der Waals surface area contributed by atoms with Crippen LogP contribution >= 0.6 is 11.6 Å². The predicted molar refractivity (Wildman–Crippen MR) is 89.2 cm³/mol. The van der Waals surface area contributed by atoms with E-state index >= 15 is 0 Å². The molecule has 1 unspecified atom stereocenters. The number of hydrogen-bond acceptors (Lipinski definition) is 2. The lowest BCUT2D eigenvalue weighted by Gasteiger charge is -2.29. The van der Waals surface area contributed by atoms with Gasteiger partial charge in [0, 0.05) is 12.1 Å². The van der Waals surface area contributed by atoms with Crippen LogP contribution in [0.2, 0.25) is 5.02 Å². The molecule has 0 aromatic heterocycles. The van der Waals surface area contributed by atoms with Crippen molar-refractivity contribution in [2.75, 3.05) is 19.0 Å². The van der Waals surface area contributed by atoms with Gasteiger partial charge in [-0.1, -0.05) is 29.8 Å². The summed E-state index contributed by atoms with van der Waals surface area (Å²) in [6.45, 7) is 1.84. The number of ether oxygens (including phenoxy) is 1. The maximum atomic E-state index is 13.5. The van der Waals surface area contributed by atoms with E-state index in [1.807, 2.05) is 6.07 Å². The second-order valence-electron chi connectivity index (χ2n) is 5.35. The molecule has 4 nitrogen and oxygen atoms in total. The van der Waals surface area contributed by atoms with Gasteiger partial charge in [0.1, 0.15) is 22.9 Å². The fourth-order valence-corrected chi connectivity index (χ4v) is 2.32. The Morgan fingerprint density at radius 1 is 1.21 bits per heavy atom. The summed E-state index contributed by atoms with van der Waals surface area (Å²) in [6, 6.07) is 9.62. The molecule has 2 N–H and O–H groups in total. The summed E-state index contributed by atoms with van der Waals surface area (Å²) in [5.41, 5.74) is -0.595. The van der Waals surface area contributed by atoms with Gasteiger partial charge >= 0.3 is 6.03 Å². The van der Waals surface area contributed by atoms with Gasteiger partial charge in [0.2, 0.25) is 0 Å².